The summed E-state index contributed by atoms with van der Waals surface area (Å²) in [5.74, 6) is -2.22. The van der Waals surface area contributed by atoms with E-state index in [0.29, 0.717) is 46.4 Å². The zero-order valence-corrected chi connectivity index (χ0v) is 26.7. The highest BCUT2D eigenvalue weighted by Crippen LogP contribution is 2.28. The third-order valence-corrected chi connectivity index (χ3v) is 8.33. The molecule has 4 heterocycles. The average molecular weight is 623 g/mol. The zero-order valence-electron chi connectivity index (χ0n) is 25.9. The number of amides is 2. The Morgan fingerprint density at radius 3 is 1.93 bits per heavy atom. The van der Waals surface area contributed by atoms with Crippen molar-refractivity contribution >= 4 is 60.1 Å². The van der Waals surface area contributed by atoms with Gasteiger partial charge in [-0.05, 0) is 105 Å². The number of nitrogens with one attached hydrogen (secondary N) is 3. The van der Waals surface area contributed by atoms with E-state index in [1.54, 1.807) is 6.92 Å². The largest absolute Gasteiger partial charge is 0.481 e. The lowest BCUT2D eigenvalue weighted by Crippen LogP contribution is -2.15. The monoisotopic (exact) mass is 622 g/mol. The van der Waals surface area contributed by atoms with Crippen molar-refractivity contribution in [2.24, 2.45) is 4.99 Å². The van der Waals surface area contributed by atoms with Crippen LogP contribution in [0.1, 0.15) is 87.0 Å². The number of allylic oxidation sites excluding steroid dienone is 2. The summed E-state index contributed by atoms with van der Waals surface area (Å²) >= 11 is 0. The second kappa shape index (κ2) is 13.9. The predicted molar refractivity (Wildman–Crippen MR) is 172 cm³/mol. The van der Waals surface area contributed by atoms with Gasteiger partial charge in [0, 0.05) is 51.8 Å². The van der Waals surface area contributed by atoms with Gasteiger partial charge in [-0.1, -0.05) is 13.8 Å². The number of aromatic nitrogens is 2. The summed E-state index contributed by atoms with van der Waals surface area (Å²) in [6, 6.07) is 0. The SMILES string of the molecule is CCC1=C(C)C(/C=c2\[nH]/c(=C\c3[nH]c(/C=C4\NC(=O)C(C)=C4CC)c(C)c3CCC(=O)O)c(CCC(=O)O)c2C)=NC1=O.Cl. The Morgan fingerprint density at radius 2 is 1.36 bits per heavy atom. The minimum atomic E-state index is -0.922. The number of aliphatic imine (C=N–C) groups is 1. The molecule has 0 unspecified atom stereocenters. The minimum Gasteiger partial charge on any atom is -0.481 e. The summed E-state index contributed by atoms with van der Waals surface area (Å²) in [4.78, 5) is 58.7. The number of aromatic amines is 2. The summed E-state index contributed by atoms with van der Waals surface area (Å²) in [6.07, 6.45) is 7.25. The molecule has 10 nitrogen and oxygen atoms in total. The van der Waals surface area contributed by atoms with Gasteiger partial charge in [0.1, 0.15) is 0 Å². The van der Waals surface area contributed by atoms with Crippen molar-refractivity contribution in [1.82, 2.24) is 15.3 Å². The molecule has 0 spiro atoms. The van der Waals surface area contributed by atoms with Gasteiger partial charge in [0.25, 0.3) is 11.8 Å². The van der Waals surface area contributed by atoms with Gasteiger partial charge in [-0.25, -0.2) is 4.99 Å². The lowest BCUT2D eigenvalue weighted by Gasteiger charge is -2.04. The Hall–Kier alpha value is -4.44. The van der Waals surface area contributed by atoms with Crippen LogP contribution in [-0.4, -0.2) is 49.6 Å². The smallest absolute Gasteiger partial charge is 0.303 e. The van der Waals surface area contributed by atoms with E-state index in [1.807, 2.05) is 52.8 Å². The van der Waals surface area contributed by atoms with Crippen molar-refractivity contribution < 1.29 is 29.4 Å². The van der Waals surface area contributed by atoms with Gasteiger partial charge < -0.3 is 25.5 Å². The lowest BCUT2D eigenvalue weighted by molar-refractivity contribution is -0.138. The quantitative estimate of drug-likeness (QED) is 0.255. The molecule has 0 saturated heterocycles. The van der Waals surface area contributed by atoms with Gasteiger partial charge >= 0.3 is 11.9 Å². The number of hydrogen-bond donors (Lipinski definition) is 5. The Morgan fingerprint density at radius 1 is 0.750 bits per heavy atom. The Labute approximate surface area is 261 Å². The molecule has 0 fully saturated rings. The molecule has 234 valence electrons. The van der Waals surface area contributed by atoms with Crippen LogP contribution in [0.15, 0.2) is 33.0 Å². The Kier molecular flexibility index (Phi) is 10.8. The van der Waals surface area contributed by atoms with Crippen molar-refractivity contribution in [2.45, 2.75) is 80.1 Å². The number of hydrogen-bond acceptors (Lipinski definition) is 4. The molecule has 0 aliphatic carbocycles. The standard InChI is InChI=1S/C33H38N4O6.ClH/c1-7-20-19(6)32(42)37-27(20)14-25-18(5)23(10-12-31(40)41)29(35-25)15-28-22(9-11-30(38)39)17(4)24(34-28)13-26-16(3)21(8-2)33(43)36-26;/h13-15,34-35H,7-12H2,1-6H3,(H,37,42)(H,38,39)(H,40,41);1H/b24-13-,27-14-,28-15-;. The van der Waals surface area contributed by atoms with Crippen molar-refractivity contribution in [3.8, 4) is 0 Å². The number of H-pyrrole nitrogens is 2. The molecule has 2 aliphatic heterocycles. The summed E-state index contributed by atoms with van der Waals surface area (Å²) in [5, 5.41) is 23.2. The maximum absolute atomic E-state index is 12.3. The van der Waals surface area contributed by atoms with Crippen LogP contribution in [0.4, 0.5) is 0 Å². The Bertz CT molecular complexity index is 1800. The van der Waals surface area contributed by atoms with Crippen LogP contribution >= 0.6 is 12.4 Å². The third-order valence-electron chi connectivity index (χ3n) is 8.33. The van der Waals surface area contributed by atoms with Gasteiger partial charge in [0.05, 0.1) is 5.71 Å². The summed E-state index contributed by atoms with van der Waals surface area (Å²) < 4.78 is 0. The molecule has 0 aromatic carbocycles. The van der Waals surface area contributed by atoms with Gasteiger partial charge in [-0.3, -0.25) is 19.2 Å². The first kappa shape index (κ1) is 34.1. The van der Waals surface area contributed by atoms with E-state index in [9.17, 15) is 29.4 Å². The average Bonchev–Trinajstić information content (AvgIpc) is 3.59. The molecule has 0 radical (unpaired) electrons. The first-order valence-electron chi connectivity index (χ1n) is 14.5. The van der Waals surface area contributed by atoms with Crippen molar-refractivity contribution in [3.63, 3.8) is 0 Å². The third kappa shape index (κ3) is 6.86. The topological polar surface area (TPSA) is 165 Å². The van der Waals surface area contributed by atoms with Gasteiger partial charge in [0.2, 0.25) is 0 Å². The number of rotatable bonds is 11. The number of nitrogens with zero attached hydrogens (tertiary/aromatic N) is 1. The summed E-state index contributed by atoms with van der Waals surface area (Å²) in [5.41, 5.74) is 9.15. The number of carboxylic acid groups (broad SMARTS) is 2. The lowest BCUT2D eigenvalue weighted by atomic mass is 10.0. The highest BCUT2D eigenvalue weighted by Gasteiger charge is 2.24. The maximum Gasteiger partial charge on any atom is 0.303 e. The molecular formula is C33H39ClN4O6. The van der Waals surface area contributed by atoms with Crippen LogP contribution < -0.4 is 16.0 Å². The summed E-state index contributed by atoms with van der Waals surface area (Å²) in [6.45, 7) is 11.4. The molecule has 44 heavy (non-hydrogen) atoms. The number of carboxylic acids is 2. The molecule has 2 aromatic rings. The highest BCUT2D eigenvalue weighted by atomic mass is 35.5. The maximum atomic E-state index is 12.3. The van der Waals surface area contributed by atoms with Crippen molar-refractivity contribution in [3.05, 3.63) is 72.3 Å². The van der Waals surface area contributed by atoms with Crippen LogP contribution in [-0.2, 0) is 32.0 Å². The van der Waals surface area contributed by atoms with E-state index in [0.717, 1.165) is 44.4 Å². The zero-order chi connectivity index (χ0) is 31.6. The van der Waals surface area contributed by atoms with Crippen molar-refractivity contribution in [1.29, 1.82) is 0 Å². The Balaban J connectivity index is 0.00000529. The van der Waals surface area contributed by atoms with E-state index >= 15 is 0 Å². The van der Waals surface area contributed by atoms with Crippen LogP contribution in [0.2, 0.25) is 0 Å². The number of carbonyl (C=O) groups is 4. The number of aliphatic carboxylic acids is 2. The molecule has 5 N–H and O–H groups in total. The fourth-order valence-electron chi connectivity index (χ4n) is 5.77. The molecule has 0 saturated carbocycles. The second-order valence-electron chi connectivity index (χ2n) is 10.9. The number of carbonyl (C=O) groups excluding carboxylic acids is 2. The minimum absolute atomic E-state index is 0. The van der Waals surface area contributed by atoms with Crippen LogP contribution in [0.5, 0.6) is 0 Å². The fraction of sp³-hybridized carbons (Fsp3) is 0.364. The van der Waals surface area contributed by atoms with Gasteiger partial charge in [0.15, 0.2) is 0 Å². The van der Waals surface area contributed by atoms with Crippen molar-refractivity contribution in [2.75, 3.05) is 0 Å². The molecular weight excluding hydrogens is 584 g/mol. The second-order valence-corrected chi connectivity index (χ2v) is 10.9. The number of halogens is 1. The fourth-order valence-corrected chi connectivity index (χ4v) is 5.77. The molecule has 2 aromatic heterocycles. The molecule has 0 atom stereocenters. The van der Waals surface area contributed by atoms with E-state index in [-0.39, 0.29) is 49.9 Å². The van der Waals surface area contributed by atoms with E-state index in [4.69, 9.17) is 0 Å². The van der Waals surface area contributed by atoms with E-state index in [2.05, 4.69) is 20.3 Å². The predicted octanol–water partition coefficient (Wildman–Crippen LogP) is 3.93. The van der Waals surface area contributed by atoms with Gasteiger partial charge in [-0.15, -0.1) is 12.4 Å². The first-order chi connectivity index (χ1) is 20.4. The van der Waals surface area contributed by atoms with E-state index in [1.165, 1.54) is 0 Å². The molecule has 4 rings (SSSR count). The van der Waals surface area contributed by atoms with Gasteiger partial charge in [-0.2, -0.15) is 0 Å². The summed E-state index contributed by atoms with van der Waals surface area (Å²) in [7, 11) is 0. The normalized spacial score (nSPS) is 16.8. The molecule has 11 heteroatoms. The molecule has 0 bridgehead atoms. The van der Waals surface area contributed by atoms with Crippen LogP contribution in [0.3, 0.4) is 0 Å². The first-order valence-corrected chi connectivity index (χ1v) is 14.5. The van der Waals surface area contributed by atoms with Crippen LogP contribution in [0, 0.1) is 13.8 Å². The molecule has 2 amide bonds. The van der Waals surface area contributed by atoms with E-state index < -0.39 is 11.9 Å². The van der Waals surface area contributed by atoms with Crippen LogP contribution in [0.25, 0.3) is 18.2 Å². The molecule has 2 aliphatic rings. The highest BCUT2D eigenvalue weighted by molar-refractivity contribution is 6.30.